The second-order valence-electron chi connectivity index (χ2n) is 8.91. The Morgan fingerprint density at radius 1 is 0.400 bits per heavy atom. The Kier molecular flexibility index (Phi) is 25.4. The maximum absolute atomic E-state index is 10.3. The zero-order chi connectivity index (χ0) is 31.0. The van der Waals surface area contributed by atoms with Crippen molar-refractivity contribution in [2.45, 2.75) is 50.6 Å². The van der Waals surface area contributed by atoms with E-state index in [2.05, 4.69) is 21.3 Å². The smallest absolute Gasteiger partial charge is 0.390 e. The Hall–Kier alpha value is -0.226. The molecule has 0 aromatic rings. The third-order valence-electron chi connectivity index (χ3n) is 4.78. The molecule has 0 rings (SSSR count). The number of nitrogens with one attached hydrogen (secondary N) is 6. The summed E-state index contributed by atoms with van der Waals surface area (Å²) in [5.41, 5.74) is 0. The average Bonchev–Trinajstić information content (AvgIpc) is 2.78. The van der Waals surface area contributed by atoms with Crippen LogP contribution in [0.15, 0.2) is 0 Å². The molecule has 14 N–H and O–H groups in total. The highest BCUT2D eigenvalue weighted by molar-refractivity contribution is 7.84. The van der Waals surface area contributed by atoms with Crippen LogP contribution in [0.25, 0.3) is 0 Å². The van der Waals surface area contributed by atoms with Gasteiger partial charge in [-0.1, -0.05) is 0 Å². The van der Waals surface area contributed by atoms with Gasteiger partial charge < -0.3 is 50.0 Å². The van der Waals surface area contributed by atoms with Crippen molar-refractivity contribution in [1.29, 1.82) is 0 Å². The SMILES string of the molecule is O=S(=O)(O)NCCCNCCCNCCC[Si](O)(O)O.O=S(=O)(O)NCCCNCCCNCCC[Si](O)(O)O. The molecule has 40 heavy (non-hydrogen) atoms. The molecule has 0 aliphatic heterocycles. The van der Waals surface area contributed by atoms with Crippen LogP contribution in [0.1, 0.15) is 38.5 Å². The van der Waals surface area contributed by atoms with Crippen LogP contribution >= 0.6 is 0 Å². The van der Waals surface area contributed by atoms with Crippen molar-refractivity contribution in [2.24, 2.45) is 0 Å². The number of hydrogen-bond acceptors (Lipinski definition) is 14. The zero-order valence-electron chi connectivity index (χ0n) is 22.8. The van der Waals surface area contributed by atoms with Gasteiger partial charge in [-0.25, -0.2) is 0 Å². The van der Waals surface area contributed by atoms with Gasteiger partial charge >= 0.3 is 38.2 Å². The molecule has 0 aliphatic rings. The lowest BCUT2D eigenvalue weighted by atomic mass is 10.3. The second-order valence-corrected chi connectivity index (χ2v) is 15.5. The molecule has 0 atom stereocenters. The summed E-state index contributed by atoms with van der Waals surface area (Å²) < 4.78 is 62.1. The Morgan fingerprint density at radius 2 is 0.625 bits per heavy atom. The van der Waals surface area contributed by atoms with Gasteiger partial charge in [0, 0.05) is 25.2 Å². The Labute approximate surface area is 239 Å². The van der Waals surface area contributed by atoms with E-state index in [4.69, 9.17) is 37.9 Å². The van der Waals surface area contributed by atoms with E-state index in [1.807, 2.05) is 9.44 Å². The molecule has 0 bridgehead atoms. The van der Waals surface area contributed by atoms with Crippen LogP contribution < -0.4 is 30.7 Å². The topological polar surface area (TPSA) is 302 Å². The highest BCUT2D eigenvalue weighted by atomic mass is 32.2. The van der Waals surface area contributed by atoms with Crippen molar-refractivity contribution in [2.75, 3.05) is 65.4 Å². The van der Waals surface area contributed by atoms with Crippen LogP contribution in [0, 0.1) is 0 Å². The molecule has 0 aromatic carbocycles. The van der Waals surface area contributed by atoms with Crippen LogP contribution in [0.5, 0.6) is 0 Å². The molecule has 0 fully saturated rings. The first-order valence-electron chi connectivity index (χ1n) is 13.0. The van der Waals surface area contributed by atoms with E-state index >= 15 is 0 Å². The molecule has 0 unspecified atom stereocenters. The van der Waals surface area contributed by atoms with Gasteiger partial charge in [0.25, 0.3) is 0 Å². The fourth-order valence-corrected chi connectivity index (χ4v) is 5.01. The summed E-state index contributed by atoms with van der Waals surface area (Å²) in [6, 6.07) is 0.0814. The highest BCUT2D eigenvalue weighted by Crippen LogP contribution is 2.00. The van der Waals surface area contributed by atoms with Crippen LogP contribution in [-0.2, 0) is 20.6 Å². The molecule has 0 aromatic heterocycles. The van der Waals surface area contributed by atoms with E-state index in [0.717, 1.165) is 39.0 Å². The quantitative estimate of drug-likeness (QED) is 0.0235. The predicted molar refractivity (Wildman–Crippen MR) is 153 cm³/mol. The van der Waals surface area contributed by atoms with Gasteiger partial charge in [0.15, 0.2) is 0 Å². The van der Waals surface area contributed by atoms with Crippen molar-refractivity contribution in [1.82, 2.24) is 30.7 Å². The van der Waals surface area contributed by atoms with E-state index in [-0.39, 0.29) is 25.2 Å². The first-order valence-corrected chi connectivity index (χ1v) is 20.0. The van der Waals surface area contributed by atoms with Gasteiger partial charge in [-0.3, -0.25) is 9.11 Å². The van der Waals surface area contributed by atoms with Crippen LogP contribution in [-0.4, -0.2) is 138 Å². The predicted octanol–water partition coefficient (Wildman–Crippen LogP) is -4.71. The van der Waals surface area contributed by atoms with Gasteiger partial charge in [0.2, 0.25) is 0 Å². The lowest BCUT2D eigenvalue weighted by Crippen LogP contribution is -2.35. The maximum atomic E-state index is 10.3. The summed E-state index contributed by atoms with van der Waals surface area (Å²) in [5, 5.41) is 12.4. The minimum absolute atomic E-state index is 0.0407. The van der Waals surface area contributed by atoms with Crippen LogP contribution in [0.2, 0.25) is 12.1 Å². The van der Waals surface area contributed by atoms with Gasteiger partial charge in [0.05, 0.1) is 0 Å². The summed E-state index contributed by atoms with van der Waals surface area (Å²) >= 11 is 0. The largest absolute Gasteiger partial charge is 0.492 e. The van der Waals surface area contributed by atoms with Gasteiger partial charge in [-0.15, -0.1) is 0 Å². The van der Waals surface area contributed by atoms with Gasteiger partial charge in [-0.05, 0) is 90.9 Å². The molecule has 18 nitrogen and oxygen atoms in total. The molecule has 0 radical (unpaired) electrons. The summed E-state index contributed by atoms with van der Waals surface area (Å²) in [4.78, 5) is 52.6. The fraction of sp³-hybridized carbons (Fsp3) is 1.00. The van der Waals surface area contributed by atoms with E-state index in [9.17, 15) is 16.8 Å². The third-order valence-corrected chi connectivity index (χ3v) is 7.96. The Morgan fingerprint density at radius 3 is 0.850 bits per heavy atom. The lowest BCUT2D eigenvalue weighted by molar-refractivity contribution is 0.224. The molecule has 0 heterocycles. The van der Waals surface area contributed by atoms with Gasteiger partial charge in [0.1, 0.15) is 0 Å². The second kappa shape index (κ2) is 24.2. The number of rotatable bonds is 26. The summed E-state index contributed by atoms with van der Waals surface area (Å²) in [7, 11) is -15.9. The van der Waals surface area contributed by atoms with Crippen molar-refractivity contribution < 1.29 is 54.7 Å². The molecule has 0 spiro atoms. The zero-order valence-corrected chi connectivity index (χ0v) is 26.4. The molecule has 244 valence electrons. The molecule has 0 saturated heterocycles. The monoisotopic (exact) mass is 662 g/mol. The molecular weight excluding hydrogens is 613 g/mol. The first-order chi connectivity index (χ1) is 18.4. The summed E-state index contributed by atoms with van der Waals surface area (Å²) in [6.45, 7) is 6.02. The summed E-state index contributed by atoms with van der Waals surface area (Å²) in [6.07, 6.45) is 3.97. The normalized spacial score (nSPS) is 12.8. The standard InChI is InChI=1S/2C9H25N3O6SSi/c2*13-19(14,15)12-8-2-6-10-4-1-5-11-7-3-9-20(16,17)18/h2*10-12,16-18H,1-9H2,(H,13,14,15). The molecule has 0 amide bonds. The first kappa shape index (κ1) is 41.9. The van der Waals surface area contributed by atoms with Crippen molar-refractivity contribution in [3.05, 3.63) is 0 Å². The van der Waals surface area contributed by atoms with Crippen LogP contribution in [0.3, 0.4) is 0 Å². The number of hydrogen-bond donors (Lipinski definition) is 14. The van der Waals surface area contributed by atoms with E-state index < -0.39 is 38.2 Å². The maximum Gasteiger partial charge on any atom is 0.492 e. The molecule has 0 aliphatic carbocycles. The molecule has 22 heteroatoms. The third kappa shape index (κ3) is 44.8. The summed E-state index contributed by atoms with van der Waals surface area (Å²) in [5.74, 6) is 0. The highest BCUT2D eigenvalue weighted by Gasteiger charge is 2.25. The van der Waals surface area contributed by atoms with E-state index in [1.54, 1.807) is 0 Å². The van der Waals surface area contributed by atoms with Crippen molar-refractivity contribution >= 4 is 38.2 Å². The van der Waals surface area contributed by atoms with Crippen molar-refractivity contribution in [3.8, 4) is 0 Å². The van der Waals surface area contributed by atoms with Crippen molar-refractivity contribution in [3.63, 3.8) is 0 Å². The Balaban J connectivity index is 0. The molecular formula is C18H50N6O12S2Si2. The van der Waals surface area contributed by atoms with E-state index in [0.29, 0.717) is 51.9 Å². The van der Waals surface area contributed by atoms with E-state index in [1.165, 1.54) is 0 Å². The fourth-order valence-electron chi connectivity index (χ4n) is 2.91. The van der Waals surface area contributed by atoms with Gasteiger partial charge in [-0.2, -0.15) is 26.3 Å². The average molecular weight is 663 g/mol. The minimum atomic E-state index is -4.08. The minimum Gasteiger partial charge on any atom is -0.390 e. The molecule has 0 saturated carbocycles. The Bertz CT molecular complexity index is 736. The van der Waals surface area contributed by atoms with Crippen LogP contribution in [0.4, 0.5) is 0 Å². The lowest BCUT2D eigenvalue weighted by Gasteiger charge is -2.09.